The number of rotatable bonds is 4. The molecule has 120 valence electrons. The molecule has 0 aromatic carbocycles. The second-order valence-electron chi connectivity index (χ2n) is 5.71. The fraction of sp³-hybridized carbons (Fsp3) is 0.857. The summed E-state index contributed by atoms with van der Waals surface area (Å²) in [5.41, 5.74) is 0. The number of urea groups is 1. The van der Waals surface area contributed by atoms with Crippen molar-refractivity contribution in [3.63, 3.8) is 0 Å². The van der Waals surface area contributed by atoms with E-state index in [9.17, 15) is 9.59 Å². The smallest absolute Gasteiger partial charge is 0.315 e. The van der Waals surface area contributed by atoms with Gasteiger partial charge in [0.1, 0.15) is 6.04 Å². The number of hydrogen-bond acceptors (Lipinski definition) is 4. The Kier molecular flexibility index (Phi) is 5.81. The summed E-state index contributed by atoms with van der Waals surface area (Å²) in [4.78, 5) is 25.5. The monoisotopic (exact) mass is 299 g/mol. The standard InChI is InChI=1S/C14H25N3O4/c1-17-6-3-4-11(13(17)18)16-14(19)15-8-10-5-7-21-9-12(10)20-2/h10-12H,3-9H2,1-2H3,(H2,15,16,19). The molecule has 2 N–H and O–H groups in total. The lowest BCUT2D eigenvalue weighted by molar-refractivity contribution is -0.134. The van der Waals surface area contributed by atoms with Crippen molar-refractivity contribution in [1.82, 2.24) is 15.5 Å². The van der Waals surface area contributed by atoms with E-state index in [0.29, 0.717) is 26.2 Å². The maximum atomic E-state index is 11.9. The Bertz CT molecular complexity index is 377. The van der Waals surface area contributed by atoms with E-state index in [2.05, 4.69) is 10.6 Å². The van der Waals surface area contributed by atoms with Crippen molar-refractivity contribution < 1.29 is 19.1 Å². The molecule has 0 spiro atoms. The maximum absolute atomic E-state index is 11.9. The van der Waals surface area contributed by atoms with E-state index < -0.39 is 6.04 Å². The van der Waals surface area contributed by atoms with Crippen LogP contribution in [-0.2, 0) is 14.3 Å². The molecule has 2 heterocycles. The Morgan fingerprint density at radius 2 is 2.29 bits per heavy atom. The number of likely N-dealkylation sites (tertiary alicyclic amines) is 1. The third kappa shape index (κ3) is 4.31. The van der Waals surface area contributed by atoms with Gasteiger partial charge in [0, 0.05) is 39.8 Å². The van der Waals surface area contributed by atoms with Crippen LogP contribution in [0.5, 0.6) is 0 Å². The highest BCUT2D eigenvalue weighted by Gasteiger charge is 2.29. The second-order valence-corrected chi connectivity index (χ2v) is 5.71. The van der Waals surface area contributed by atoms with Gasteiger partial charge in [-0.3, -0.25) is 4.79 Å². The van der Waals surface area contributed by atoms with E-state index in [1.807, 2.05) is 0 Å². The third-order valence-electron chi connectivity index (χ3n) is 4.23. The number of carbonyl (C=O) groups excluding carboxylic acids is 2. The first-order valence-corrected chi connectivity index (χ1v) is 7.51. The first-order chi connectivity index (χ1) is 10.1. The van der Waals surface area contributed by atoms with Crippen LogP contribution >= 0.6 is 0 Å². The fourth-order valence-electron chi connectivity index (χ4n) is 2.85. The molecule has 2 fully saturated rings. The SMILES string of the molecule is COC1COCCC1CNC(=O)NC1CCCN(C)C1=O. The van der Waals surface area contributed by atoms with Crippen LogP contribution in [0.2, 0.25) is 0 Å². The zero-order chi connectivity index (χ0) is 15.2. The van der Waals surface area contributed by atoms with Crippen molar-refractivity contribution in [3.8, 4) is 0 Å². The van der Waals surface area contributed by atoms with Crippen molar-refractivity contribution in [2.75, 3.05) is 40.5 Å². The Balaban J connectivity index is 1.75. The summed E-state index contributed by atoms with van der Waals surface area (Å²) in [5, 5.41) is 5.60. The maximum Gasteiger partial charge on any atom is 0.315 e. The first kappa shape index (κ1) is 16.0. The summed E-state index contributed by atoms with van der Waals surface area (Å²) in [6.45, 7) is 2.55. The Labute approximate surface area is 125 Å². The van der Waals surface area contributed by atoms with E-state index in [-0.39, 0.29) is 24.0 Å². The summed E-state index contributed by atoms with van der Waals surface area (Å²) >= 11 is 0. The fourth-order valence-corrected chi connectivity index (χ4v) is 2.85. The molecule has 21 heavy (non-hydrogen) atoms. The van der Waals surface area contributed by atoms with Crippen LogP contribution in [0.4, 0.5) is 4.79 Å². The molecule has 2 aliphatic rings. The van der Waals surface area contributed by atoms with Gasteiger partial charge in [-0.05, 0) is 19.3 Å². The Hall–Kier alpha value is -1.34. The van der Waals surface area contributed by atoms with Gasteiger partial charge in [-0.25, -0.2) is 4.79 Å². The molecule has 0 radical (unpaired) electrons. The van der Waals surface area contributed by atoms with Crippen LogP contribution in [-0.4, -0.2) is 69.4 Å². The van der Waals surface area contributed by atoms with Crippen LogP contribution in [0, 0.1) is 5.92 Å². The normalized spacial score (nSPS) is 30.1. The number of likely N-dealkylation sites (N-methyl/N-ethyl adjacent to an activating group) is 1. The number of nitrogens with one attached hydrogen (secondary N) is 2. The van der Waals surface area contributed by atoms with Crippen molar-refractivity contribution in [2.45, 2.75) is 31.4 Å². The van der Waals surface area contributed by atoms with E-state index in [4.69, 9.17) is 9.47 Å². The lowest BCUT2D eigenvalue weighted by Gasteiger charge is -2.31. The van der Waals surface area contributed by atoms with Crippen molar-refractivity contribution in [1.29, 1.82) is 0 Å². The molecule has 2 rings (SSSR count). The molecule has 3 atom stereocenters. The minimum Gasteiger partial charge on any atom is -0.379 e. The minimum absolute atomic E-state index is 0.0153. The highest BCUT2D eigenvalue weighted by molar-refractivity contribution is 5.87. The largest absolute Gasteiger partial charge is 0.379 e. The van der Waals surface area contributed by atoms with Gasteiger partial charge in [-0.1, -0.05) is 0 Å². The van der Waals surface area contributed by atoms with Gasteiger partial charge in [0.25, 0.3) is 0 Å². The molecular formula is C14H25N3O4. The molecule has 2 saturated heterocycles. The van der Waals surface area contributed by atoms with Gasteiger partial charge < -0.3 is 25.0 Å². The highest BCUT2D eigenvalue weighted by atomic mass is 16.5. The van der Waals surface area contributed by atoms with Gasteiger partial charge in [-0.2, -0.15) is 0 Å². The van der Waals surface area contributed by atoms with Crippen molar-refractivity contribution in [3.05, 3.63) is 0 Å². The molecule has 0 aromatic rings. The van der Waals surface area contributed by atoms with Gasteiger partial charge in [0.15, 0.2) is 0 Å². The molecule has 3 amide bonds. The molecule has 7 nitrogen and oxygen atoms in total. The van der Waals surface area contributed by atoms with Crippen LogP contribution in [0.3, 0.4) is 0 Å². The van der Waals surface area contributed by atoms with Crippen LogP contribution in [0.1, 0.15) is 19.3 Å². The average Bonchev–Trinajstić information content (AvgIpc) is 2.50. The summed E-state index contributed by atoms with van der Waals surface area (Å²) in [6.07, 6.45) is 2.50. The lowest BCUT2D eigenvalue weighted by atomic mass is 9.97. The predicted octanol–water partition coefficient (Wildman–Crippen LogP) is -0.0421. The molecule has 0 aromatic heterocycles. The van der Waals surface area contributed by atoms with E-state index >= 15 is 0 Å². The van der Waals surface area contributed by atoms with E-state index in [0.717, 1.165) is 19.4 Å². The number of amides is 3. The predicted molar refractivity (Wildman–Crippen MR) is 76.9 cm³/mol. The van der Waals surface area contributed by atoms with Gasteiger partial charge in [0.2, 0.25) is 5.91 Å². The lowest BCUT2D eigenvalue weighted by Crippen LogP contribution is -2.54. The average molecular weight is 299 g/mol. The van der Waals surface area contributed by atoms with Crippen LogP contribution in [0.15, 0.2) is 0 Å². The molecule has 0 saturated carbocycles. The van der Waals surface area contributed by atoms with Gasteiger partial charge in [-0.15, -0.1) is 0 Å². The molecular weight excluding hydrogens is 274 g/mol. The highest BCUT2D eigenvalue weighted by Crippen LogP contribution is 2.17. The number of carbonyl (C=O) groups is 2. The topological polar surface area (TPSA) is 79.9 Å². The van der Waals surface area contributed by atoms with Crippen molar-refractivity contribution >= 4 is 11.9 Å². The van der Waals surface area contributed by atoms with Gasteiger partial charge >= 0.3 is 6.03 Å². The first-order valence-electron chi connectivity index (χ1n) is 7.51. The molecule has 0 bridgehead atoms. The van der Waals surface area contributed by atoms with Crippen LogP contribution < -0.4 is 10.6 Å². The quantitative estimate of drug-likeness (QED) is 0.763. The summed E-state index contributed by atoms with van der Waals surface area (Å²) < 4.78 is 10.7. The molecule has 2 aliphatic heterocycles. The Morgan fingerprint density at radius 3 is 3.05 bits per heavy atom. The second kappa shape index (κ2) is 7.61. The Morgan fingerprint density at radius 1 is 1.48 bits per heavy atom. The molecule has 3 unspecified atom stereocenters. The van der Waals surface area contributed by atoms with Crippen LogP contribution in [0.25, 0.3) is 0 Å². The number of methoxy groups -OCH3 is 1. The van der Waals surface area contributed by atoms with Gasteiger partial charge in [0.05, 0.1) is 12.7 Å². The molecule has 0 aliphatic carbocycles. The zero-order valence-corrected chi connectivity index (χ0v) is 12.8. The number of nitrogens with zero attached hydrogens (tertiary/aromatic N) is 1. The van der Waals surface area contributed by atoms with E-state index in [1.165, 1.54) is 0 Å². The number of piperidine rings is 1. The number of hydrogen-bond donors (Lipinski definition) is 2. The van der Waals surface area contributed by atoms with Crippen molar-refractivity contribution in [2.24, 2.45) is 5.92 Å². The zero-order valence-electron chi connectivity index (χ0n) is 12.8. The minimum atomic E-state index is -0.406. The summed E-state index contributed by atoms with van der Waals surface area (Å²) in [6, 6.07) is -0.693. The summed E-state index contributed by atoms with van der Waals surface area (Å²) in [5.74, 6) is 0.233. The summed E-state index contributed by atoms with van der Waals surface area (Å²) in [7, 11) is 3.42. The number of ether oxygens (including phenoxy) is 2. The van der Waals surface area contributed by atoms with E-state index in [1.54, 1.807) is 19.1 Å². The third-order valence-corrected chi connectivity index (χ3v) is 4.23. The molecule has 7 heteroatoms.